The zero-order valence-corrected chi connectivity index (χ0v) is 18.7. The van der Waals surface area contributed by atoms with E-state index in [0.29, 0.717) is 55.5 Å². The Balaban J connectivity index is 1.93. The first-order valence-electron chi connectivity index (χ1n) is 10.8. The van der Waals surface area contributed by atoms with Crippen molar-refractivity contribution in [2.45, 2.75) is 38.1 Å². The van der Waals surface area contributed by atoms with Crippen LogP contribution in [0.1, 0.15) is 48.9 Å². The molecule has 1 atom stereocenters. The first kappa shape index (κ1) is 23.4. The predicted octanol–water partition coefficient (Wildman–Crippen LogP) is 3.14. The van der Waals surface area contributed by atoms with Crippen LogP contribution in [0, 0.1) is 22.1 Å². The fourth-order valence-corrected chi connectivity index (χ4v) is 4.02. The maximum Gasteiger partial charge on any atom is 0.225 e. The van der Waals surface area contributed by atoms with Crippen molar-refractivity contribution in [3.8, 4) is 6.07 Å². The molecule has 2 heterocycles. The first-order valence-corrected chi connectivity index (χ1v) is 10.8. The Morgan fingerprint density at radius 1 is 1.44 bits per heavy atom. The second kappa shape index (κ2) is 10.3. The summed E-state index contributed by atoms with van der Waals surface area (Å²) in [6, 6.07) is 4.06. The van der Waals surface area contributed by atoms with E-state index in [2.05, 4.69) is 17.5 Å². The molecule has 1 saturated heterocycles. The Bertz CT molecular complexity index is 989. The highest BCUT2D eigenvalue weighted by atomic mass is 16.5. The smallest absolute Gasteiger partial charge is 0.225 e. The van der Waals surface area contributed by atoms with Gasteiger partial charge in [-0.2, -0.15) is 5.26 Å². The fraction of sp³-hybridized carbons (Fsp3) is 0.458. The molecule has 3 rings (SSSR count). The largest absolute Gasteiger partial charge is 0.384 e. The molecular weight excluding hydrogens is 404 g/mol. The third-order valence-electron chi connectivity index (χ3n) is 5.88. The van der Waals surface area contributed by atoms with Gasteiger partial charge in [0.25, 0.3) is 0 Å². The van der Waals surface area contributed by atoms with Gasteiger partial charge in [-0.15, -0.1) is 0 Å². The van der Waals surface area contributed by atoms with Crippen LogP contribution in [0.25, 0.3) is 5.57 Å². The summed E-state index contributed by atoms with van der Waals surface area (Å²) in [5.41, 5.74) is 2.80. The predicted molar refractivity (Wildman–Crippen MR) is 125 cm³/mol. The van der Waals surface area contributed by atoms with Crippen LogP contribution >= 0.6 is 0 Å². The summed E-state index contributed by atoms with van der Waals surface area (Å²) in [6.45, 7) is 7.79. The van der Waals surface area contributed by atoms with Gasteiger partial charge in [-0.25, -0.2) is 4.98 Å². The third kappa shape index (κ3) is 5.11. The van der Waals surface area contributed by atoms with E-state index in [9.17, 15) is 10.1 Å². The SMILES string of the molecule is C=CC(=N)/C=C(\C=N)c1cc(C#N)c(N2CCN(C(=O)CCOC)[C@H](C)C2)nc1C1CC1. The van der Waals surface area contributed by atoms with E-state index in [4.69, 9.17) is 20.5 Å². The minimum absolute atomic E-state index is 0.00408. The average Bonchev–Trinajstić information content (AvgIpc) is 3.65. The molecule has 1 aliphatic heterocycles. The number of aromatic nitrogens is 1. The number of rotatable bonds is 9. The van der Waals surface area contributed by atoms with Gasteiger partial charge in [-0.3, -0.25) is 4.79 Å². The van der Waals surface area contributed by atoms with Crippen molar-refractivity contribution < 1.29 is 9.53 Å². The molecule has 32 heavy (non-hydrogen) atoms. The lowest BCUT2D eigenvalue weighted by atomic mass is 9.98. The first-order chi connectivity index (χ1) is 15.4. The Kier molecular flexibility index (Phi) is 7.54. The van der Waals surface area contributed by atoms with Gasteiger partial charge in [0.15, 0.2) is 0 Å². The molecule has 1 amide bonds. The van der Waals surface area contributed by atoms with E-state index in [1.54, 1.807) is 19.3 Å². The molecule has 1 aromatic heterocycles. The number of carbonyl (C=O) groups is 1. The van der Waals surface area contributed by atoms with Crippen molar-refractivity contribution in [1.82, 2.24) is 9.88 Å². The second-order valence-corrected chi connectivity index (χ2v) is 8.21. The van der Waals surface area contributed by atoms with Crippen LogP contribution < -0.4 is 4.90 Å². The molecule has 2 N–H and O–H groups in total. The number of piperazine rings is 1. The van der Waals surface area contributed by atoms with Gasteiger partial charge >= 0.3 is 0 Å². The van der Waals surface area contributed by atoms with Crippen molar-refractivity contribution in [3.05, 3.63) is 41.6 Å². The average molecular weight is 435 g/mol. The highest BCUT2D eigenvalue weighted by Gasteiger charge is 2.33. The van der Waals surface area contributed by atoms with Gasteiger partial charge in [0, 0.05) is 56.1 Å². The van der Waals surface area contributed by atoms with Crippen molar-refractivity contribution >= 4 is 29.2 Å². The van der Waals surface area contributed by atoms with Crippen LogP contribution in [0.3, 0.4) is 0 Å². The van der Waals surface area contributed by atoms with E-state index in [-0.39, 0.29) is 17.7 Å². The number of nitrogens with one attached hydrogen (secondary N) is 2. The normalized spacial score (nSPS) is 18.8. The van der Waals surface area contributed by atoms with Crippen molar-refractivity contribution in [3.63, 3.8) is 0 Å². The van der Waals surface area contributed by atoms with Crippen LogP contribution in [0.15, 0.2) is 24.8 Å². The van der Waals surface area contributed by atoms with Gasteiger partial charge < -0.3 is 25.4 Å². The number of ether oxygens (including phenoxy) is 1. The molecule has 168 valence electrons. The number of nitriles is 1. The lowest BCUT2D eigenvalue weighted by Crippen LogP contribution is -2.54. The maximum absolute atomic E-state index is 12.5. The number of amides is 1. The summed E-state index contributed by atoms with van der Waals surface area (Å²) >= 11 is 0. The molecule has 8 heteroatoms. The monoisotopic (exact) mass is 434 g/mol. The van der Waals surface area contributed by atoms with E-state index < -0.39 is 0 Å². The zero-order chi connectivity index (χ0) is 23.3. The molecule has 0 unspecified atom stereocenters. The number of anilines is 1. The van der Waals surface area contributed by atoms with Gasteiger partial charge in [0.2, 0.25) is 5.91 Å². The molecule has 0 bridgehead atoms. The van der Waals surface area contributed by atoms with E-state index in [1.807, 2.05) is 11.8 Å². The molecule has 8 nitrogen and oxygen atoms in total. The summed E-state index contributed by atoms with van der Waals surface area (Å²) in [6.07, 6.45) is 6.61. The Morgan fingerprint density at radius 3 is 2.75 bits per heavy atom. The van der Waals surface area contributed by atoms with Crippen LogP contribution in [0.2, 0.25) is 0 Å². The third-order valence-corrected chi connectivity index (χ3v) is 5.88. The van der Waals surface area contributed by atoms with Crippen LogP contribution in [-0.4, -0.2) is 67.1 Å². The number of carbonyl (C=O) groups excluding carboxylic acids is 1. The molecular formula is C24H30N6O2. The van der Waals surface area contributed by atoms with Crippen molar-refractivity contribution in [2.24, 2.45) is 0 Å². The number of methoxy groups -OCH3 is 1. The van der Waals surface area contributed by atoms with Crippen molar-refractivity contribution in [2.75, 3.05) is 38.3 Å². The maximum atomic E-state index is 12.5. The minimum Gasteiger partial charge on any atom is -0.384 e. The molecule has 1 aromatic rings. The zero-order valence-electron chi connectivity index (χ0n) is 18.7. The van der Waals surface area contributed by atoms with Crippen LogP contribution in [0.4, 0.5) is 5.82 Å². The number of pyridine rings is 1. The summed E-state index contributed by atoms with van der Waals surface area (Å²) in [7, 11) is 1.59. The number of nitrogens with zero attached hydrogens (tertiary/aromatic N) is 4. The van der Waals surface area contributed by atoms with E-state index in [0.717, 1.165) is 24.1 Å². The molecule has 0 aromatic carbocycles. The molecule has 2 fully saturated rings. The van der Waals surface area contributed by atoms with Gasteiger partial charge in [0.05, 0.1) is 30.0 Å². The van der Waals surface area contributed by atoms with Gasteiger partial charge in [0.1, 0.15) is 11.9 Å². The Morgan fingerprint density at radius 2 is 2.19 bits per heavy atom. The topological polar surface area (TPSA) is 117 Å². The number of allylic oxidation sites excluding steroid dienone is 3. The van der Waals surface area contributed by atoms with Crippen LogP contribution in [0.5, 0.6) is 0 Å². The lowest BCUT2D eigenvalue weighted by Gasteiger charge is -2.41. The summed E-state index contributed by atoms with van der Waals surface area (Å²) in [5, 5.41) is 25.6. The number of hydrogen-bond acceptors (Lipinski definition) is 7. The van der Waals surface area contributed by atoms with Gasteiger partial charge in [-0.05, 0) is 38.0 Å². The van der Waals surface area contributed by atoms with Gasteiger partial charge in [-0.1, -0.05) is 6.58 Å². The fourth-order valence-electron chi connectivity index (χ4n) is 4.02. The van der Waals surface area contributed by atoms with Crippen molar-refractivity contribution in [1.29, 1.82) is 16.1 Å². The second-order valence-electron chi connectivity index (χ2n) is 8.21. The molecule has 1 aliphatic carbocycles. The Hall–Kier alpha value is -3.31. The highest BCUT2D eigenvalue weighted by Crippen LogP contribution is 2.43. The summed E-state index contributed by atoms with van der Waals surface area (Å²) in [5.74, 6) is 1.01. The molecule has 1 saturated carbocycles. The molecule has 2 aliphatic rings. The van der Waals surface area contributed by atoms with E-state index >= 15 is 0 Å². The summed E-state index contributed by atoms with van der Waals surface area (Å²) in [4.78, 5) is 21.3. The minimum atomic E-state index is -0.00408. The van der Waals surface area contributed by atoms with E-state index in [1.165, 1.54) is 12.3 Å². The quantitative estimate of drug-likeness (QED) is 0.579. The standard InChI is InChI=1S/C24H30N6O2/c1-4-20(27)11-18(13-25)21-12-19(14-26)24(28-23(21)17-5-6-17)29-8-9-30(16(2)15-29)22(31)7-10-32-3/h4,11-13,16-17,25,27H,1,5-10,15H2,2-3H3/b18-11+,25-13?,27-20?/t16-/m1/s1. The molecule has 0 radical (unpaired) electrons. The molecule has 0 spiro atoms. The van der Waals surface area contributed by atoms with Crippen LogP contribution in [-0.2, 0) is 9.53 Å². The number of hydrogen-bond donors (Lipinski definition) is 2. The Labute approximate surface area is 189 Å². The summed E-state index contributed by atoms with van der Waals surface area (Å²) < 4.78 is 5.03. The highest BCUT2D eigenvalue weighted by molar-refractivity contribution is 6.18. The lowest BCUT2D eigenvalue weighted by molar-refractivity contribution is -0.134.